The highest BCUT2D eigenvalue weighted by atomic mass is 14.9. The molecule has 0 atom stereocenters. The second-order valence-electron chi connectivity index (χ2n) is 4.79. The molecule has 0 radical (unpaired) electrons. The van der Waals surface area contributed by atoms with Gasteiger partial charge in [-0.1, -0.05) is 37.6 Å². The van der Waals surface area contributed by atoms with Crippen LogP contribution < -0.4 is 5.32 Å². The van der Waals surface area contributed by atoms with Gasteiger partial charge in [0.25, 0.3) is 0 Å². The van der Waals surface area contributed by atoms with E-state index in [0.29, 0.717) is 0 Å². The fourth-order valence-electron chi connectivity index (χ4n) is 2.03. The van der Waals surface area contributed by atoms with Gasteiger partial charge in [-0.05, 0) is 55.2 Å². The maximum atomic E-state index is 3.43. The third-order valence-electron chi connectivity index (χ3n) is 3.08. The van der Waals surface area contributed by atoms with Crippen LogP contribution in [0.2, 0.25) is 0 Å². The fourth-order valence-corrected chi connectivity index (χ4v) is 2.03. The van der Waals surface area contributed by atoms with Crippen LogP contribution in [0.3, 0.4) is 0 Å². The first-order valence-electron chi connectivity index (χ1n) is 6.70. The SMILES string of the molecule is CCCCc1ccc(Nc2cccc(C)c2)cc1. The van der Waals surface area contributed by atoms with Crippen molar-refractivity contribution in [3.05, 3.63) is 59.7 Å². The lowest BCUT2D eigenvalue weighted by Gasteiger charge is -2.08. The molecule has 0 fully saturated rings. The first-order valence-corrected chi connectivity index (χ1v) is 6.70. The fraction of sp³-hybridized carbons (Fsp3) is 0.294. The van der Waals surface area contributed by atoms with Gasteiger partial charge in [0, 0.05) is 11.4 Å². The molecule has 0 aliphatic carbocycles. The molecule has 0 saturated heterocycles. The molecule has 2 aromatic rings. The minimum Gasteiger partial charge on any atom is -0.356 e. The van der Waals surface area contributed by atoms with Gasteiger partial charge in [0.05, 0.1) is 0 Å². The standard InChI is InChI=1S/C17H21N/c1-3-4-7-15-9-11-16(12-10-15)18-17-8-5-6-14(2)13-17/h5-6,8-13,18H,3-4,7H2,1-2H3. The summed E-state index contributed by atoms with van der Waals surface area (Å²) in [6, 6.07) is 17.2. The van der Waals surface area contributed by atoms with E-state index in [2.05, 4.69) is 67.7 Å². The largest absolute Gasteiger partial charge is 0.356 e. The Balaban J connectivity index is 2.02. The van der Waals surface area contributed by atoms with Crippen molar-refractivity contribution >= 4 is 11.4 Å². The van der Waals surface area contributed by atoms with E-state index in [4.69, 9.17) is 0 Å². The Morgan fingerprint density at radius 2 is 1.72 bits per heavy atom. The van der Waals surface area contributed by atoms with Crippen LogP contribution in [0.15, 0.2) is 48.5 Å². The van der Waals surface area contributed by atoms with E-state index in [9.17, 15) is 0 Å². The summed E-state index contributed by atoms with van der Waals surface area (Å²) in [4.78, 5) is 0. The van der Waals surface area contributed by atoms with E-state index < -0.39 is 0 Å². The maximum absolute atomic E-state index is 3.43. The Kier molecular flexibility index (Phi) is 4.40. The molecule has 0 aliphatic rings. The van der Waals surface area contributed by atoms with Crippen LogP contribution in [0, 0.1) is 6.92 Å². The van der Waals surface area contributed by atoms with Crippen LogP contribution in [0.25, 0.3) is 0 Å². The number of rotatable bonds is 5. The van der Waals surface area contributed by atoms with Crippen molar-refractivity contribution in [3.8, 4) is 0 Å². The molecule has 0 aromatic heterocycles. The molecule has 0 spiro atoms. The molecule has 0 saturated carbocycles. The van der Waals surface area contributed by atoms with Crippen LogP contribution in [-0.4, -0.2) is 0 Å². The summed E-state index contributed by atoms with van der Waals surface area (Å²) in [7, 11) is 0. The summed E-state index contributed by atoms with van der Waals surface area (Å²) >= 11 is 0. The minimum atomic E-state index is 1.15. The lowest BCUT2D eigenvalue weighted by Crippen LogP contribution is -1.91. The summed E-state index contributed by atoms with van der Waals surface area (Å²) in [6.07, 6.45) is 3.70. The summed E-state index contributed by atoms with van der Waals surface area (Å²) < 4.78 is 0. The predicted molar refractivity (Wildman–Crippen MR) is 79.5 cm³/mol. The topological polar surface area (TPSA) is 12.0 Å². The highest BCUT2D eigenvalue weighted by Gasteiger charge is 1.96. The highest BCUT2D eigenvalue weighted by Crippen LogP contribution is 2.18. The summed E-state index contributed by atoms with van der Waals surface area (Å²) in [5.41, 5.74) is 5.00. The molecule has 0 amide bonds. The number of unbranched alkanes of at least 4 members (excludes halogenated alkanes) is 1. The van der Waals surface area contributed by atoms with Crippen molar-refractivity contribution in [1.82, 2.24) is 0 Å². The van der Waals surface area contributed by atoms with Gasteiger partial charge in [-0.25, -0.2) is 0 Å². The molecule has 18 heavy (non-hydrogen) atoms. The van der Waals surface area contributed by atoms with Crippen LogP contribution in [0.4, 0.5) is 11.4 Å². The zero-order valence-electron chi connectivity index (χ0n) is 11.2. The van der Waals surface area contributed by atoms with Gasteiger partial charge < -0.3 is 5.32 Å². The van der Waals surface area contributed by atoms with Crippen molar-refractivity contribution in [2.45, 2.75) is 33.1 Å². The molecule has 2 rings (SSSR count). The molecule has 1 N–H and O–H groups in total. The molecule has 94 valence electrons. The zero-order chi connectivity index (χ0) is 12.8. The summed E-state index contributed by atoms with van der Waals surface area (Å²) in [6.45, 7) is 4.34. The van der Waals surface area contributed by atoms with E-state index in [1.54, 1.807) is 0 Å². The quantitative estimate of drug-likeness (QED) is 0.767. The van der Waals surface area contributed by atoms with Gasteiger partial charge in [0.15, 0.2) is 0 Å². The van der Waals surface area contributed by atoms with Gasteiger partial charge >= 0.3 is 0 Å². The Morgan fingerprint density at radius 1 is 0.944 bits per heavy atom. The molecular weight excluding hydrogens is 218 g/mol. The van der Waals surface area contributed by atoms with Crippen molar-refractivity contribution in [1.29, 1.82) is 0 Å². The molecule has 0 heterocycles. The molecule has 1 nitrogen and oxygen atoms in total. The zero-order valence-corrected chi connectivity index (χ0v) is 11.2. The number of anilines is 2. The second kappa shape index (κ2) is 6.25. The van der Waals surface area contributed by atoms with Gasteiger partial charge in [0.2, 0.25) is 0 Å². The Morgan fingerprint density at radius 3 is 2.39 bits per heavy atom. The normalized spacial score (nSPS) is 10.3. The number of benzene rings is 2. The Labute approximate surface area is 110 Å². The minimum absolute atomic E-state index is 1.15. The van der Waals surface area contributed by atoms with Crippen molar-refractivity contribution in [2.75, 3.05) is 5.32 Å². The van der Waals surface area contributed by atoms with Gasteiger partial charge in [0.1, 0.15) is 0 Å². The molecule has 2 aromatic carbocycles. The Hall–Kier alpha value is -1.76. The van der Waals surface area contributed by atoms with E-state index in [0.717, 1.165) is 11.4 Å². The van der Waals surface area contributed by atoms with Gasteiger partial charge in [-0.2, -0.15) is 0 Å². The number of hydrogen-bond acceptors (Lipinski definition) is 1. The number of nitrogens with one attached hydrogen (secondary N) is 1. The molecular formula is C17H21N. The van der Waals surface area contributed by atoms with Gasteiger partial charge in [-0.3, -0.25) is 0 Å². The van der Waals surface area contributed by atoms with E-state index in [1.165, 1.54) is 30.4 Å². The average molecular weight is 239 g/mol. The number of aryl methyl sites for hydroxylation is 2. The lowest BCUT2D eigenvalue weighted by molar-refractivity contribution is 0.795. The monoisotopic (exact) mass is 239 g/mol. The molecule has 0 bridgehead atoms. The molecule has 0 aliphatic heterocycles. The first-order chi connectivity index (χ1) is 8.78. The number of hydrogen-bond donors (Lipinski definition) is 1. The van der Waals surface area contributed by atoms with Crippen LogP contribution in [0.1, 0.15) is 30.9 Å². The van der Waals surface area contributed by atoms with Crippen molar-refractivity contribution < 1.29 is 0 Å². The second-order valence-corrected chi connectivity index (χ2v) is 4.79. The first kappa shape index (κ1) is 12.7. The summed E-state index contributed by atoms with van der Waals surface area (Å²) in [5.74, 6) is 0. The highest BCUT2D eigenvalue weighted by molar-refractivity contribution is 5.60. The van der Waals surface area contributed by atoms with Crippen LogP contribution in [0.5, 0.6) is 0 Å². The third-order valence-corrected chi connectivity index (χ3v) is 3.08. The van der Waals surface area contributed by atoms with Crippen molar-refractivity contribution in [3.63, 3.8) is 0 Å². The Bertz CT molecular complexity index is 485. The predicted octanol–water partition coefficient (Wildman–Crippen LogP) is 5.08. The van der Waals surface area contributed by atoms with Crippen LogP contribution >= 0.6 is 0 Å². The van der Waals surface area contributed by atoms with E-state index in [-0.39, 0.29) is 0 Å². The van der Waals surface area contributed by atoms with Gasteiger partial charge in [-0.15, -0.1) is 0 Å². The smallest absolute Gasteiger partial charge is 0.0386 e. The van der Waals surface area contributed by atoms with Crippen LogP contribution in [-0.2, 0) is 6.42 Å². The average Bonchev–Trinajstić information content (AvgIpc) is 2.38. The maximum Gasteiger partial charge on any atom is 0.0386 e. The lowest BCUT2D eigenvalue weighted by atomic mass is 10.1. The molecule has 1 heteroatoms. The van der Waals surface area contributed by atoms with Crippen molar-refractivity contribution in [2.24, 2.45) is 0 Å². The third kappa shape index (κ3) is 3.63. The van der Waals surface area contributed by atoms with E-state index >= 15 is 0 Å². The van der Waals surface area contributed by atoms with E-state index in [1.807, 2.05) is 0 Å². The molecule has 0 unspecified atom stereocenters. The summed E-state index contributed by atoms with van der Waals surface area (Å²) in [5, 5.41) is 3.43.